The summed E-state index contributed by atoms with van der Waals surface area (Å²) in [5, 5.41) is 13.0. The molecule has 2 rings (SSSR count). The highest BCUT2D eigenvalue weighted by Gasteiger charge is 2.11. The Morgan fingerprint density at radius 3 is 2.90 bits per heavy atom. The van der Waals surface area contributed by atoms with Crippen LogP contribution in [0, 0.1) is 12.8 Å². The highest BCUT2D eigenvalue weighted by Crippen LogP contribution is 2.22. The molecule has 0 bridgehead atoms. The SMILES string of the molecule is Cc1ccc(-c2[nH]ncc2CNCC(=O)NCC(C)C)o1. The molecule has 0 aliphatic carbocycles. The number of aromatic nitrogens is 2. The maximum absolute atomic E-state index is 11.6. The number of carbonyl (C=O) groups is 1. The van der Waals surface area contributed by atoms with Crippen LogP contribution in [0.15, 0.2) is 22.7 Å². The molecule has 2 aromatic heterocycles. The number of hydrogen-bond donors (Lipinski definition) is 3. The molecule has 0 saturated heterocycles. The molecule has 21 heavy (non-hydrogen) atoms. The molecule has 2 heterocycles. The fourth-order valence-electron chi connectivity index (χ4n) is 1.92. The van der Waals surface area contributed by atoms with Crippen molar-refractivity contribution in [2.24, 2.45) is 5.92 Å². The molecular formula is C15H22N4O2. The smallest absolute Gasteiger partial charge is 0.233 e. The van der Waals surface area contributed by atoms with Crippen LogP contribution >= 0.6 is 0 Å². The zero-order valence-corrected chi connectivity index (χ0v) is 12.7. The predicted molar refractivity (Wildman–Crippen MR) is 80.6 cm³/mol. The first kappa shape index (κ1) is 15.3. The number of hydrogen-bond acceptors (Lipinski definition) is 4. The molecule has 6 heteroatoms. The molecule has 6 nitrogen and oxygen atoms in total. The van der Waals surface area contributed by atoms with Gasteiger partial charge in [-0.3, -0.25) is 9.89 Å². The Morgan fingerprint density at radius 2 is 2.24 bits per heavy atom. The van der Waals surface area contributed by atoms with Crippen LogP contribution < -0.4 is 10.6 Å². The lowest BCUT2D eigenvalue weighted by molar-refractivity contribution is -0.120. The normalized spacial score (nSPS) is 11.0. The summed E-state index contributed by atoms with van der Waals surface area (Å²) in [4.78, 5) is 11.6. The van der Waals surface area contributed by atoms with Crippen LogP contribution in [0.25, 0.3) is 11.5 Å². The second-order valence-electron chi connectivity index (χ2n) is 5.48. The summed E-state index contributed by atoms with van der Waals surface area (Å²) in [5.41, 5.74) is 1.82. The van der Waals surface area contributed by atoms with Crippen molar-refractivity contribution in [3.8, 4) is 11.5 Å². The van der Waals surface area contributed by atoms with Gasteiger partial charge in [0.1, 0.15) is 11.5 Å². The molecule has 0 radical (unpaired) electrons. The molecular weight excluding hydrogens is 268 g/mol. The van der Waals surface area contributed by atoms with E-state index in [-0.39, 0.29) is 12.5 Å². The van der Waals surface area contributed by atoms with Gasteiger partial charge in [0.15, 0.2) is 5.76 Å². The number of aryl methyl sites for hydroxylation is 1. The zero-order valence-electron chi connectivity index (χ0n) is 12.7. The molecule has 1 amide bonds. The van der Waals surface area contributed by atoms with E-state index in [1.54, 1.807) is 6.20 Å². The van der Waals surface area contributed by atoms with Crippen LogP contribution in [-0.4, -0.2) is 29.2 Å². The molecule has 0 atom stereocenters. The molecule has 0 saturated carbocycles. The van der Waals surface area contributed by atoms with Gasteiger partial charge in [0.25, 0.3) is 0 Å². The van der Waals surface area contributed by atoms with Crippen molar-refractivity contribution in [3.05, 3.63) is 29.7 Å². The zero-order chi connectivity index (χ0) is 15.2. The van der Waals surface area contributed by atoms with E-state index in [0.29, 0.717) is 19.0 Å². The van der Waals surface area contributed by atoms with E-state index in [1.165, 1.54) is 0 Å². The largest absolute Gasteiger partial charge is 0.460 e. The van der Waals surface area contributed by atoms with E-state index in [4.69, 9.17) is 4.42 Å². The fourth-order valence-corrected chi connectivity index (χ4v) is 1.92. The standard InChI is InChI=1S/C15H22N4O2/c1-10(2)6-17-14(20)9-16-7-12-8-18-19-15(12)13-5-4-11(3)21-13/h4-5,8,10,16H,6-7,9H2,1-3H3,(H,17,20)(H,18,19). The van der Waals surface area contributed by atoms with Gasteiger partial charge < -0.3 is 15.1 Å². The summed E-state index contributed by atoms with van der Waals surface area (Å²) in [5.74, 6) is 2.07. The molecule has 0 spiro atoms. The summed E-state index contributed by atoms with van der Waals surface area (Å²) in [6, 6.07) is 3.81. The lowest BCUT2D eigenvalue weighted by atomic mass is 10.2. The Morgan fingerprint density at radius 1 is 1.43 bits per heavy atom. The number of nitrogens with one attached hydrogen (secondary N) is 3. The van der Waals surface area contributed by atoms with Crippen molar-refractivity contribution < 1.29 is 9.21 Å². The maximum Gasteiger partial charge on any atom is 0.233 e. The second kappa shape index (κ2) is 7.08. The lowest BCUT2D eigenvalue weighted by Crippen LogP contribution is -2.35. The van der Waals surface area contributed by atoms with Gasteiger partial charge in [0, 0.05) is 18.7 Å². The van der Waals surface area contributed by atoms with E-state index >= 15 is 0 Å². The summed E-state index contributed by atoms with van der Waals surface area (Å²) in [7, 11) is 0. The van der Waals surface area contributed by atoms with Crippen molar-refractivity contribution in [2.75, 3.05) is 13.1 Å². The first-order valence-electron chi connectivity index (χ1n) is 7.12. The van der Waals surface area contributed by atoms with E-state index in [1.807, 2.05) is 19.1 Å². The van der Waals surface area contributed by atoms with E-state index in [9.17, 15) is 4.79 Å². The molecule has 0 aromatic carbocycles. The Hall–Kier alpha value is -2.08. The fraction of sp³-hybridized carbons (Fsp3) is 0.467. The van der Waals surface area contributed by atoms with Gasteiger partial charge in [-0.25, -0.2) is 0 Å². The first-order valence-corrected chi connectivity index (χ1v) is 7.12. The molecule has 114 valence electrons. The second-order valence-corrected chi connectivity index (χ2v) is 5.48. The van der Waals surface area contributed by atoms with Gasteiger partial charge >= 0.3 is 0 Å². The predicted octanol–water partition coefficient (Wildman–Crippen LogP) is 1.84. The first-order chi connectivity index (χ1) is 10.1. The van der Waals surface area contributed by atoms with E-state index < -0.39 is 0 Å². The topological polar surface area (TPSA) is 83.0 Å². The van der Waals surface area contributed by atoms with Crippen LogP contribution in [-0.2, 0) is 11.3 Å². The number of furan rings is 1. The van der Waals surface area contributed by atoms with Gasteiger partial charge in [-0.05, 0) is 25.0 Å². The summed E-state index contributed by atoms with van der Waals surface area (Å²) in [6.07, 6.45) is 1.74. The minimum atomic E-state index is 0.00240. The summed E-state index contributed by atoms with van der Waals surface area (Å²) >= 11 is 0. The number of H-pyrrole nitrogens is 1. The van der Waals surface area contributed by atoms with Gasteiger partial charge in [-0.15, -0.1) is 0 Å². The third kappa shape index (κ3) is 4.46. The van der Waals surface area contributed by atoms with Crippen LogP contribution in [0.3, 0.4) is 0 Å². The molecule has 0 aliphatic rings. The van der Waals surface area contributed by atoms with Gasteiger partial charge in [-0.2, -0.15) is 5.10 Å². The third-order valence-corrected chi connectivity index (χ3v) is 3.01. The van der Waals surface area contributed by atoms with Crippen molar-refractivity contribution in [1.29, 1.82) is 0 Å². The van der Waals surface area contributed by atoms with Gasteiger partial charge in [-0.1, -0.05) is 13.8 Å². The minimum Gasteiger partial charge on any atom is -0.460 e. The summed E-state index contributed by atoms with van der Waals surface area (Å²) < 4.78 is 5.58. The quantitative estimate of drug-likeness (QED) is 0.726. The Labute approximate surface area is 124 Å². The average Bonchev–Trinajstić information content (AvgIpc) is 3.05. The Kier molecular flexibility index (Phi) is 5.16. The van der Waals surface area contributed by atoms with Crippen molar-refractivity contribution in [2.45, 2.75) is 27.3 Å². The third-order valence-electron chi connectivity index (χ3n) is 3.01. The number of carbonyl (C=O) groups excluding carboxylic acids is 1. The molecule has 3 N–H and O–H groups in total. The van der Waals surface area contributed by atoms with E-state index in [2.05, 4.69) is 34.7 Å². The van der Waals surface area contributed by atoms with E-state index in [0.717, 1.165) is 22.8 Å². The number of aromatic amines is 1. The average molecular weight is 290 g/mol. The van der Waals surface area contributed by atoms with Crippen molar-refractivity contribution in [3.63, 3.8) is 0 Å². The molecule has 0 fully saturated rings. The highest BCUT2D eigenvalue weighted by atomic mass is 16.3. The monoisotopic (exact) mass is 290 g/mol. The lowest BCUT2D eigenvalue weighted by Gasteiger charge is -2.08. The van der Waals surface area contributed by atoms with Crippen molar-refractivity contribution >= 4 is 5.91 Å². The molecule has 0 unspecified atom stereocenters. The van der Waals surface area contributed by atoms with Crippen LogP contribution in [0.5, 0.6) is 0 Å². The number of amides is 1. The van der Waals surface area contributed by atoms with Crippen LogP contribution in [0.4, 0.5) is 0 Å². The minimum absolute atomic E-state index is 0.00240. The van der Waals surface area contributed by atoms with Crippen LogP contribution in [0.2, 0.25) is 0 Å². The Balaban J connectivity index is 1.85. The van der Waals surface area contributed by atoms with Gasteiger partial charge in [0.05, 0.1) is 12.7 Å². The Bertz CT molecular complexity index is 586. The maximum atomic E-state index is 11.6. The molecule has 0 aliphatic heterocycles. The highest BCUT2D eigenvalue weighted by molar-refractivity contribution is 5.78. The number of nitrogens with zero attached hydrogens (tertiary/aromatic N) is 1. The number of rotatable bonds is 7. The van der Waals surface area contributed by atoms with Gasteiger partial charge in [0.2, 0.25) is 5.91 Å². The molecule has 2 aromatic rings. The summed E-state index contributed by atoms with van der Waals surface area (Å²) in [6.45, 7) is 7.57. The van der Waals surface area contributed by atoms with Crippen LogP contribution in [0.1, 0.15) is 25.2 Å². The van der Waals surface area contributed by atoms with Crippen molar-refractivity contribution in [1.82, 2.24) is 20.8 Å².